The largest absolute Gasteiger partial charge is 0.326 e. The second-order valence-electron chi connectivity index (χ2n) is 4.99. The molecular weight excluding hydrogens is 215 g/mol. The van der Waals surface area contributed by atoms with Crippen molar-refractivity contribution in [1.29, 1.82) is 0 Å². The molecule has 1 saturated heterocycles. The van der Waals surface area contributed by atoms with E-state index in [4.69, 9.17) is 5.73 Å². The first-order valence-corrected chi connectivity index (χ1v) is 6.32. The van der Waals surface area contributed by atoms with Gasteiger partial charge in [0.25, 0.3) is 0 Å². The van der Waals surface area contributed by atoms with E-state index < -0.39 is 6.17 Å². The van der Waals surface area contributed by atoms with Gasteiger partial charge in [0.15, 0.2) is 0 Å². The monoisotopic (exact) mass is 236 g/mol. The molecule has 1 unspecified atom stereocenters. The number of piperidine rings is 1. The number of rotatable bonds is 3. The predicted molar refractivity (Wildman–Crippen MR) is 68.4 cm³/mol. The zero-order valence-corrected chi connectivity index (χ0v) is 10.4. The molecule has 1 aromatic rings. The summed E-state index contributed by atoms with van der Waals surface area (Å²) in [6, 6.07) is 7.62. The molecule has 0 bridgehead atoms. The van der Waals surface area contributed by atoms with Gasteiger partial charge in [-0.1, -0.05) is 24.3 Å². The van der Waals surface area contributed by atoms with Crippen LogP contribution in [0.4, 0.5) is 4.39 Å². The van der Waals surface area contributed by atoms with E-state index in [0.29, 0.717) is 6.54 Å². The molecule has 0 saturated carbocycles. The number of likely N-dealkylation sites (tertiary alicyclic amines) is 1. The molecule has 0 aliphatic carbocycles. The minimum atomic E-state index is -0.824. The summed E-state index contributed by atoms with van der Waals surface area (Å²) in [5.74, 6) is 0.176. The minimum absolute atomic E-state index is 0.176. The third kappa shape index (κ3) is 3.05. The molecule has 1 aliphatic rings. The highest BCUT2D eigenvalue weighted by Crippen LogP contribution is 2.33. The first kappa shape index (κ1) is 12.5. The topological polar surface area (TPSA) is 29.3 Å². The van der Waals surface area contributed by atoms with Crippen LogP contribution < -0.4 is 5.73 Å². The number of nitrogens with zero attached hydrogens (tertiary/aromatic N) is 1. The fourth-order valence-corrected chi connectivity index (χ4v) is 2.43. The Labute approximate surface area is 103 Å². The van der Waals surface area contributed by atoms with Crippen molar-refractivity contribution in [2.45, 2.75) is 25.6 Å². The van der Waals surface area contributed by atoms with Gasteiger partial charge in [0, 0.05) is 6.54 Å². The number of alkyl halides is 1. The third-order valence-electron chi connectivity index (χ3n) is 3.71. The zero-order valence-electron chi connectivity index (χ0n) is 10.4. The molecule has 1 heterocycles. The van der Waals surface area contributed by atoms with Gasteiger partial charge in [-0.15, -0.1) is 0 Å². The van der Waals surface area contributed by atoms with Crippen molar-refractivity contribution in [3.63, 3.8) is 0 Å². The van der Waals surface area contributed by atoms with Crippen LogP contribution in [0.3, 0.4) is 0 Å². The van der Waals surface area contributed by atoms with Crippen LogP contribution in [0.15, 0.2) is 24.3 Å². The normalized spacial score (nSPS) is 20.4. The van der Waals surface area contributed by atoms with E-state index >= 15 is 0 Å². The summed E-state index contributed by atoms with van der Waals surface area (Å²) in [5, 5.41) is 0. The molecule has 94 valence electrons. The van der Waals surface area contributed by atoms with Crippen molar-refractivity contribution in [3.05, 3.63) is 35.4 Å². The summed E-state index contributed by atoms with van der Waals surface area (Å²) in [4.78, 5) is 2.26. The summed E-state index contributed by atoms with van der Waals surface area (Å²) >= 11 is 0. The van der Waals surface area contributed by atoms with Gasteiger partial charge < -0.3 is 10.6 Å². The minimum Gasteiger partial charge on any atom is -0.326 e. The van der Waals surface area contributed by atoms with Crippen LogP contribution in [-0.4, -0.2) is 25.0 Å². The first-order chi connectivity index (χ1) is 8.20. The molecule has 1 aromatic carbocycles. The van der Waals surface area contributed by atoms with Crippen LogP contribution in [0.5, 0.6) is 0 Å². The average Bonchev–Trinajstić information content (AvgIpc) is 2.39. The number of benzene rings is 1. The Morgan fingerprint density at radius 3 is 2.41 bits per heavy atom. The maximum Gasteiger partial charge on any atom is 0.128 e. The van der Waals surface area contributed by atoms with Crippen LogP contribution in [0.1, 0.15) is 30.1 Å². The zero-order chi connectivity index (χ0) is 12.3. The molecule has 1 fully saturated rings. The molecule has 2 rings (SSSR count). The van der Waals surface area contributed by atoms with Gasteiger partial charge in [0.1, 0.15) is 6.17 Å². The Hall–Kier alpha value is -0.930. The van der Waals surface area contributed by atoms with Gasteiger partial charge in [-0.05, 0) is 50.0 Å². The molecule has 1 aliphatic heterocycles. The molecule has 0 aromatic heterocycles. The third-order valence-corrected chi connectivity index (χ3v) is 3.71. The quantitative estimate of drug-likeness (QED) is 0.873. The molecular formula is C14H21FN2. The van der Waals surface area contributed by atoms with Gasteiger partial charge in [0.05, 0.1) is 0 Å². The number of hydrogen-bond acceptors (Lipinski definition) is 2. The first-order valence-electron chi connectivity index (χ1n) is 6.32. The summed E-state index contributed by atoms with van der Waals surface area (Å²) in [7, 11) is 2.10. The van der Waals surface area contributed by atoms with E-state index in [1.807, 2.05) is 24.3 Å². The molecule has 17 heavy (non-hydrogen) atoms. The van der Waals surface area contributed by atoms with Crippen molar-refractivity contribution in [2.24, 2.45) is 11.7 Å². The fraction of sp³-hybridized carbons (Fsp3) is 0.571. The molecule has 2 nitrogen and oxygen atoms in total. The van der Waals surface area contributed by atoms with Crippen LogP contribution in [0.2, 0.25) is 0 Å². The summed E-state index contributed by atoms with van der Waals surface area (Å²) in [6.07, 6.45) is 1.09. The standard InChI is InChI=1S/C14H21FN2/c1-17-8-6-13(7-9-17)14(15)12-4-2-11(10-16)3-5-12/h2-5,13-14H,6-10,16H2,1H3. The molecule has 0 radical (unpaired) electrons. The number of halogens is 1. The second kappa shape index (κ2) is 5.61. The Bertz CT molecular complexity index is 342. The van der Waals surface area contributed by atoms with Gasteiger partial charge >= 0.3 is 0 Å². The van der Waals surface area contributed by atoms with Crippen molar-refractivity contribution >= 4 is 0 Å². The maximum atomic E-state index is 14.3. The Kier molecular flexibility index (Phi) is 4.13. The van der Waals surface area contributed by atoms with Crippen LogP contribution in [0.25, 0.3) is 0 Å². The highest BCUT2D eigenvalue weighted by atomic mass is 19.1. The highest BCUT2D eigenvalue weighted by Gasteiger charge is 2.26. The van der Waals surface area contributed by atoms with Gasteiger partial charge in [0.2, 0.25) is 0 Å². The molecule has 0 amide bonds. The SMILES string of the molecule is CN1CCC(C(F)c2ccc(CN)cc2)CC1. The number of nitrogens with two attached hydrogens (primary N) is 1. The maximum absolute atomic E-state index is 14.3. The highest BCUT2D eigenvalue weighted by molar-refractivity contribution is 5.24. The summed E-state index contributed by atoms with van der Waals surface area (Å²) < 4.78 is 14.3. The summed E-state index contributed by atoms with van der Waals surface area (Å²) in [5.41, 5.74) is 7.40. The Morgan fingerprint density at radius 1 is 1.29 bits per heavy atom. The van der Waals surface area contributed by atoms with Crippen molar-refractivity contribution < 1.29 is 4.39 Å². The predicted octanol–water partition coefficient (Wildman–Crippen LogP) is 2.50. The Morgan fingerprint density at radius 2 is 1.88 bits per heavy atom. The van der Waals surface area contributed by atoms with Crippen LogP contribution >= 0.6 is 0 Å². The van der Waals surface area contributed by atoms with Crippen molar-refractivity contribution in [2.75, 3.05) is 20.1 Å². The lowest BCUT2D eigenvalue weighted by molar-refractivity contribution is 0.137. The van der Waals surface area contributed by atoms with Crippen molar-refractivity contribution in [3.8, 4) is 0 Å². The van der Waals surface area contributed by atoms with E-state index in [-0.39, 0.29) is 5.92 Å². The number of hydrogen-bond donors (Lipinski definition) is 1. The van der Waals surface area contributed by atoms with E-state index in [1.54, 1.807) is 0 Å². The van der Waals surface area contributed by atoms with E-state index in [2.05, 4.69) is 11.9 Å². The van der Waals surface area contributed by atoms with Crippen molar-refractivity contribution in [1.82, 2.24) is 4.90 Å². The average molecular weight is 236 g/mol. The van der Waals surface area contributed by atoms with E-state index in [1.165, 1.54) is 0 Å². The van der Waals surface area contributed by atoms with Gasteiger partial charge in [-0.25, -0.2) is 4.39 Å². The van der Waals surface area contributed by atoms with E-state index in [0.717, 1.165) is 37.1 Å². The van der Waals surface area contributed by atoms with Crippen LogP contribution in [-0.2, 0) is 6.54 Å². The lowest BCUT2D eigenvalue weighted by atomic mass is 9.88. The lowest BCUT2D eigenvalue weighted by Gasteiger charge is -2.31. The lowest BCUT2D eigenvalue weighted by Crippen LogP contribution is -2.31. The second-order valence-corrected chi connectivity index (χ2v) is 4.99. The summed E-state index contributed by atoms with van der Waals surface area (Å²) in [6.45, 7) is 2.53. The van der Waals surface area contributed by atoms with Gasteiger partial charge in [-0.3, -0.25) is 0 Å². The Balaban J connectivity index is 2.00. The van der Waals surface area contributed by atoms with Gasteiger partial charge in [-0.2, -0.15) is 0 Å². The molecule has 3 heteroatoms. The smallest absolute Gasteiger partial charge is 0.128 e. The molecule has 0 spiro atoms. The fourth-order valence-electron chi connectivity index (χ4n) is 2.43. The van der Waals surface area contributed by atoms with Crippen LogP contribution in [0, 0.1) is 5.92 Å². The van der Waals surface area contributed by atoms with E-state index in [9.17, 15) is 4.39 Å². The molecule has 1 atom stereocenters. The molecule has 2 N–H and O–H groups in total.